The van der Waals surface area contributed by atoms with E-state index in [9.17, 15) is 18.9 Å². The highest BCUT2D eigenvalue weighted by atomic mass is 32.1. The fourth-order valence-corrected chi connectivity index (χ4v) is 4.21. The molecule has 2 aromatic heterocycles. The third-order valence-corrected chi connectivity index (χ3v) is 5.72. The number of halogens is 2. The average Bonchev–Trinajstić information content (AvgIpc) is 3.22. The fraction of sp³-hybridized carbons (Fsp3) is 0.353. The van der Waals surface area contributed by atoms with Gasteiger partial charge in [-0.3, -0.25) is 4.90 Å². The smallest absolute Gasteiger partial charge is 0.358 e. The van der Waals surface area contributed by atoms with Gasteiger partial charge in [-0.05, 0) is 17.9 Å². The molecule has 27 heavy (non-hydrogen) atoms. The molecule has 0 saturated carbocycles. The van der Waals surface area contributed by atoms with Crippen LogP contribution in [0.1, 0.15) is 18.5 Å². The predicted molar refractivity (Wildman–Crippen MR) is 98.3 cm³/mol. The molecule has 1 aromatic carbocycles. The van der Waals surface area contributed by atoms with Crippen LogP contribution >= 0.6 is 11.3 Å². The van der Waals surface area contributed by atoms with Crippen molar-refractivity contribution in [3.8, 4) is 0 Å². The molecule has 0 aliphatic carbocycles. The van der Waals surface area contributed by atoms with Crippen LogP contribution in [0.15, 0.2) is 29.8 Å². The first-order valence-electron chi connectivity index (χ1n) is 8.49. The van der Waals surface area contributed by atoms with Crippen molar-refractivity contribution < 1.29 is 13.7 Å². The first kappa shape index (κ1) is 17.8. The molecule has 0 N–H and O–H groups in total. The first-order chi connectivity index (χ1) is 13.0. The summed E-state index contributed by atoms with van der Waals surface area (Å²) >= 11 is 1.35. The van der Waals surface area contributed by atoms with Gasteiger partial charge in [-0.25, -0.2) is 8.78 Å². The Bertz CT molecular complexity index is 997. The van der Waals surface area contributed by atoms with Crippen molar-refractivity contribution in [2.24, 2.45) is 0 Å². The molecule has 0 spiro atoms. The average molecular weight is 393 g/mol. The minimum absolute atomic E-state index is 0.0303. The Morgan fingerprint density at radius 3 is 2.67 bits per heavy atom. The van der Waals surface area contributed by atoms with Crippen molar-refractivity contribution in [3.05, 3.63) is 57.1 Å². The van der Waals surface area contributed by atoms with Crippen LogP contribution in [0.5, 0.6) is 0 Å². The second kappa shape index (κ2) is 6.86. The zero-order valence-corrected chi connectivity index (χ0v) is 15.3. The Labute approximate surface area is 157 Å². The Kier molecular flexibility index (Phi) is 4.52. The summed E-state index contributed by atoms with van der Waals surface area (Å²) in [5.41, 5.74) is 0.443. The molecule has 0 bridgehead atoms. The molecule has 1 aliphatic rings. The zero-order chi connectivity index (χ0) is 19.1. The lowest BCUT2D eigenvalue weighted by atomic mass is 10.1. The highest BCUT2D eigenvalue weighted by Gasteiger charge is 2.31. The maximum atomic E-state index is 14.1. The minimum Gasteiger partial charge on any atom is -0.358 e. The Hall–Kier alpha value is -2.59. The summed E-state index contributed by atoms with van der Waals surface area (Å²) in [5.74, 6) is -0.820. The number of thiazole rings is 1. The van der Waals surface area contributed by atoms with Gasteiger partial charge in [-0.15, -0.1) is 0 Å². The molecule has 1 unspecified atom stereocenters. The summed E-state index contributed by atoms with van der Waals surface area (Å²) in [6.07, 6.45) is 1.64. The quantitative estimate of drug-likeness (QED) is 0.502. The lowest BCUT2D eigenvalue weighted by Gasteiger charge is -2.38. The van der Waals surface area contributed by atoms with Crippen LogP contribution in [0.2, 0.25) is 0 Å². The Morgan fingerprint density at radius 2 is 2.00 bits per heavy atom. The highest BCUT2D eigenvalue weighted by Crippen LogP contribution is 2.32. The van der Waals surface area contributed by atoms with Crippen molar-refractivity contribution in [2.45, 2.75) is 13.0 Å². The Balaban J connectivity index is 1.51. The van der Waals surface area contributed by atoms with E-state index in [1.807, 2.05) is 11.8 Å². The lowest BCUT2D eigenvalue weighted by molar-refractivity contribution is -0.389. The highest BCUT2D eigenvalue weighted by molar-refractivity contribution is 7.15. The van der Waals surface area contributed by atoms with Gasteiger partial charge in [0.05, 0.1) is 0 Å². The molecule has 142 valence electrons. The van der Waals surface area contributed by atoms with Gasteiger partial charge in [-0.2, -0.15) is 9.38 Å². The molecule has 1 saturated heterocycles. The van der Waals surface area contributed by atoms with E-state index in [0.29, 0.717) is 42.5 Å². The number of imidazole rings is 1. The number of anilines is 1. The van der Waals surface area contributed by atoms with Gasteiger partial charge in [0, 0.05) is 49.2 Å². The van der Waals surface area contributed by atoms with Crippen molar-refractivity contribution >= 4 is 27.9 Å². The van der Waals surface area contributed by atoms with Gasteiger partial charge in [0.15, 0.2) is 0 Å². The van der Waals surface area contributed by atoms with Crippen LogP contribution < -0.4 is 4.90 Å². The second-order valence-corrected chi connectivity index (χ2v) is 7.31. The van der Waals surface area contributed by atoms with Gasteiger partial charge in [0.25, 0.3) is 4.96 Å². The van der Waals surface area contributed by atoms with Crippen LogP contribution in [0.4, 0.5) is 20.4 Å². The van der Waals surface area contributed by atoms with Crippen LogP contribution in [0.3, 0.4) is 0 Å². The molecule has 1 atom stereocenters. The monoisotopic (exact) mass is 393 g/mol. The largest absolute Gasteiger partial charge is 0.373 e. The fourth-order valence-electron chi connectivity index (χ4n) is 3.50. The van der Waals surface area contributed by atoms with Crippen LogP contribution in [0.25, 0.3) is 4.96 Å². The summed E-state index contributed by atoms with van der Waals surface area (Å²) in [4.78, 5) is 20.1. The van der Waals surface area contributed by atoms with Crippen molar-refractivity contribution in [2.75, 3.05) is 31.1 Å². The van der Waals surface area contributed by atoms with Gasteiger partial charge < -0.3 is 15.0 Å². The summed E-state index contributed by atoms with van der Waals surface area (Å²) in [5, 5.41) is 13.3. The molecular weight excluding hydrogens is 376 g/mol. The number of fused-ring (bicyclic) bond motifs is 1. The molecular formula is C17H17F2N5O2S. The van der Waals surface area contributed by atoms with Crippen molar-refractivity contribution in [3.63, 3.8) is 0 Å². The van der Waals surface area contributed by atoms with Crippen molar-refractivity contribution in [1.29, 1.82) is 0 Å². The zero-order valence-electron chi connectivity index (χ0n) is 14.5. The molecule has 3 heterocycles. The summed E-state index contributed by atoms with van der Waals surface area (Å²) in [6.45, 7) is 4.15. The predicted octanol–water partition coefficient (Wildman–Crippen LogP) is 3.47. The second-order valence-electron chi connectivity index (χ2n) is 6.44. The normalized spacial score (nSPS) is 16.8. The first-order valence-corrected chi connectivity index (χ1v) is 9.37. The van der Waals surface area contributed by atoms with Gasteiger partial charge >= 0.3 is 5.82 Å². The SMILES string of the molecule is CC(c1ccc(F)cc1F)N1CCN(c2nc3sccn3c2[N+](=O)[O-])CC1. The van der Waals surface area contributed by atoms with Gasteiger partial charge in [0.1, 0.15) is 17.8 Å². The standard InChI is InChI=1S/C17H17F2N5O2S/c1-11(13-3-2-12(18)10-14(13)19)21-4-6-22(7-5-21)15-16(24(25)26)23-8-9-27-17(23)20-15/h2-3,8-11H,4-7H2,1H3. The number of nitrogens with zero attached hydrogens (tertiary/aromatic N) is 5. The molecule has 0 amide bonds. The van der Waals surface area contributed by atoms with E-state index in [0.717, 1.165) is 6.07 Å². The lowest BCUT2D eigenvalue weighted by Crippen LogP contribution is -2.47. The van der Waals surface area contributed by atoms with Crippen molar-refractivity contribution in [1.82, 2.24) is 14.3 Å². The maximum absolute atomic E-state index is 14.1. The van der Waals surface area contributed by atoms with Crippen LogP contribution in [0, 0.1) is 21.7 Å². The summed E-state index contributed by atoms with van der Waals surface area (Å²) in [6, 6.07) is 3.40. The van der Waals surface area contributed by atoms with E-state index in [4.69, 9.17) is 0 Å². The number of piperazine rings is 1. The number of hydrogen-bond acceptors (Lipinski definition) is 6. The van der Waals surface area contributed by atoms with Gasteiger partial charge in [0.2, 0.25) is 5.82 Å². The van der Waals surface area contributed by atoms with E-state index in [1.54, 1.807) is 11.6 Å². The van der Waals surface area contributed by atoms with Crippen LogP contribution in [-0.2, 0) is 0 Å². The molecule has 1 aliphatic heterocycles. The maximum Gasteiger partial charge on any atom is 0.373 e. The topological polar surface area (TPSA) is 66.9 Å². The van der Waals surface area contributed by atoms with E-state index >= 15 is 0 Å². The third kappa shape index (κ3) is 3.15. The molecule has 7 nitrogen and oxygen atoms in total. The number of benzene rings is 1. The van der Waals surface area contributed by atoms with E-state index < -0.39 is 16.6 Å². The molecule has 3 aromatic rings. The molecule has 10 heteroatoms. The minimum atomic E-state index is -0.597. The van der Waals surface area contributed by atoms with E-state index in [-0.39, 0.29) is 11.9 Å². The molecule has 1 fully saturated rings. The van der Waals surface area contributed by atoms with Gasteiger partial charge in [-0.1, -0.05) is 17.4 Å². The summed E-state index contributed by atoms with van der Waals surface area (Å²) in [7, 11) is 0. The molecule has 0 radical (unpaired) electrons. The summed E-state index contributed by atoms with van der Waals surface area (Å²) < 4.78 is 28.7. The van der Waals surface area contributed by atoms with E-state index in [2.05, 4.69) is 9.88 Å². The number of rotatable bonds is 4. The third-order valence-electron chi connectivity index (χ3n) is 4.97. The number of nitro groups is 1. The number of aromatic nitrogens is 2. The Morgan fingerprint density at radius 1 is 1.26 bits per heavy atom. The van der Waals surface area contributed by atoms with E-state index in [1.165, 1.54) is 27.9 Å². The number of hydrogen-bond donors (Lipinski definition) is 0. The van der Waals surface area contributed by atoms with Crippen LogP contribution in [-0.4, -0.2) is 45.4 Å². The molecule has 4 rings (SSSR count).